The molecule has 4 heteroatoms. The van der Waals surface area contributed by atoms with Gasteiger partial charge >= 0.3 is 0 Å². The molecule has 1 aromatic carbocycles. The SMILES string of the molecule is Brc1cnc(N2[C@H]3CC[C@H]2c2ccccc23)nc1. The average molecular weight is 302 g/mol. The molecule has 2 aromatic rings. The smallest absolute Gasteiger partial charge is 0.226 e. The zero-order chi connectivity index (χ0) is 12.1. The summed E-state index contributed by atoms with van der Waals surface area (Å²) in [6.07, 6.45) is 6.07. The highest BCUT2D eigenvalue weighted by Gasteiger charge is 2.44. The Morgan fingerprint density at radius 3 is 2.11 bits per heavy atom. The van der Waals surface area contributed by atoms with Gasteiger partial charge in [-0.3, -0.25) is 0 Å². The average Bonchev–Trinajstić information content (AvgIpc) is 2.97. The first-order valence-electron chi connectivity index (χ1n) is 6.19. The van der Waals surface area contributed by atoms with Crippen molar-refractivity contribution in [2.75, 3.05) is 4.90 Å². The number of nitrogens with zero attached hydrogens (tertiary/aromatic N) is 3. The van der Waals surface area contributed by atoms with Gasteiger partial charge in [-0.2, -0.15) is 0 Å². The molecule has 90 valence electrons. The third kappa shape index (κ3) is 1.35. The van der Waals surface area contributed by atoms with Crippen LogP contribution in [0.2, 0.25) is 0 Å². The number of anilines is 1. The Morgan fingerprint density at radius 1 is 1.00 bits per heavy atom. The Hall–Kier alpha value is -1.42. The highest BCUT2D eigenvalue weighted by Crippen LogP contribution is 2.53. The molecule has 1 fully saturated rings. The summed E-state index contributed by atoms with van der Waals surface area (Å²) in [5.74, 6) is 0.849. The minimum atomic E-state index is 0.465. The van der Waals surface area contributed by atoms with E-state index >= 15 is 0 Å². The molecule has 0 amide bonds. The van der Waals surface area contributed by atoms with Crippen molar-refractivity contribution in [3.63, 3.8) is 0 Å². The molecule has 0 aliphatic carbocycles. The molecule has 0 radical (unpaired) electrons. The summed E-state index contributed by atoms with van der Waals surface area (Å²) in [6.45, 7) is 0. The second-order valence-corrected chi connectivity index (χ2v) is 5.76. The van der Waals surface area contributed by atoms with Gasteiger partial charge in [0, 0.05) is 12.4 Å². The van der Waals surface area contributed by atoms with Crippen LogP contribution < -0.4 is 4.90 Å². The Morgan fingerprint density at radius 2 is 1.56 bits per heavy atom. The minimum Gasteiger partial charge on any atom is -0.327 e. The van der Waals surface area contributed by atoms with E-state index in [0.29, 0.717) is 12.1 Å². The summed E-state index contributed by atoms with van der Waals surface area (Å²) < 4.78 is 0.926. The molecule has 1 aromatic heterocycles. The molecular formula is C14H12BrN3. The van der Waals surface area contributed by atoms with Gasteiger partial charge < -0.3 is 4.90 Å². The van der Waals surface area contributed by atoms with Crippen LogP contribution in [0.5, 0.6) is 0 Å². The van der Waals surface area contributed by atoms with Gasteiger partial charge in [-0.05, 0) is 39.9 Å². The summed E-state index contributed by atoms with van der Waals surface area (Å²) in [5.41, 5.74) is 2.92. The number of hydrogen-bond donors (Lipinski definition) is 0. The Bertz CT molecular complexity index is 565. The van der Waals surface area contributed by atoms with E-state index in [1.165, 1.54) is 24.0 Å². The zero-order valence-electron chi connectivity index (χ0n) is 9.75. The Labute approximate surface area is 114 Å². The fraction of sp³-hybridized carbons (Fsp3) is 0.286. The van der Waals surface area contributed by atoms with E-state index in [1.54, 1.807) is 0 Å². The highest BCUT2D eigenvalue weighted by atomic mass is 79.9. The van der Waals surface area contributed by atoms with Gasteiger partial charge in [0.15, 0.2) is 0 Å². The lowest BCUT2D eigenvalue weighted by atomic mass is 9.92. The lowest BCUT2D eigenvalue weighted by Gasteiger charge is -2.22. The number of rotatable bonds is 1. The van der Waals surface area contributed by atoms with Crippen molar-refractivity contribution in [3.05, 3.63) is 52.3 Å². The van der Waals surface area contributed by atoms with Crippen LogP contribution in [0.1, 0.15) is 36.1 Å². The van der Waals surface area contributed by atoms with Crippen LogP contribution >= 0.6 is 15.9 Å². The Kier molecular flexibility index (Phi) is 2.21. The fourth-order valence-corrected chi connectivity index (χ4v) is 3.46. The maximum Gasteiger partial charge on any atom is 0.226 e. The number of hydrogen-bond acceptors (Lipinski definition) is 3. The summed E-state index contributed by atoms with van der Waals surface area (Å²) in [5, 5.41) is 0. The summed E-state index contributed by atoms with van der Waals surface area (Å²) >= 11 is 3.38. The number of halogens is 1. The maximum atomic E-state index is 4.45. The third-order valence-electron chi connectivity index (χ3n) is 3.94. The maximum absolute atomic E-state index is 4.45. The summed E-state index contributed by atoms with van der Waals surface area (Å²) in [6, 6.07) is 9.66. The predicted octanol–water partition coefficient (Wildman–Crippen LogP) is 3.64. The van der Waals surface area contributed by atoms with E-state index in [-0.39, 0.29) is 0 Å². The lowest BCUT2D eigenvalue weighted by Crippen LogP contribution is -2.20. The number of fused-ring (bicyclic) bond motifs is 5. The second kappa shape index (κ2) is 3.79. The van der Waals surface area contributed by atoms with Gasteiger partial charge in [-0.1, -0.05) is 24.3 Å². The monoisotopic (exact) mass is 301 g/mol. The molecule has 0 unspecified atom stereocenters. The van der Waals surface area contributed by atoms with E-state index in [2.05, 4.69) is 55.1 Å². The van der Waals surface area contributed by atoms with Gasteiger partial charge in [-0.25, -0.2) is 9.97 Å². The number of benzene rings is 1. The van der Waals surface area contributed by atoms with Gasteiger partial charge in [0.25, 0.3) is 0 Å². The fourth-order valence-electron chi connectivity index (χ4n) is 3.26. The standard InChI is InChI=1S/C14H12BrN3/c15-9-7-16-14(17-8-9)18-12-5-6-13(18)11-4-2-1-3-10(11)12/h1-4,7-8,12-13H,5-6H2/t12-,13-/m0/s1. The molecule has 2 aliphatic heterocycles. The van der Waals surface area contributed by atoms with Crippen molar-refractivity contribution in [1.29, 1.82) is 0 Å². The first-order chi connectivity index (χ1) is 8.84. The zero-order valence-corrected chi connectivity index (χ0v) is 11.3. The molecule has 1 saturated heterocycles. The number of aromatic nitrogens is 2. The molecule has 2 bridgehead atoms. The molecule has 2 atom stereocenters. The summed E-state index contributed by atoms with van der Waals surface area (Å²) in [4.78, 5) is 11.3. The van der Waals surface area contributed by atoms with Crippen LogP contribution in [-0.4, -0.2) is 9.97 Å². The topological polar surface area (TPSA) is 29.0 Å². The van der Waals surface area contributed by atoms with Gasteiger partial charge in [0.1, 0.15) is 0 Å². The van der Waals surface area contributed by atoms with E-state index < -0.39 is 0 Å². The molecule has 0 N–H and O–H groups in total. The van der Waals surface area contributed by atoms with Crippen molar-refractivity contribution < 1.29 is 0 Å². The van der Waals surface area contributed by atoms with Crippen molar-refractivity contribution in [3.8, 4) is 0 Å². The van der Waals surface area contributed by atoms with E-state index in [1.807, 2.05) is 12.4 Å². The molecule has 0 spiro atoms. The molecule has 2 aliphatic rings. The summed E-state index contributed by atoms with van der Waals surface area (Å²) in [7, 11) is 0. The first kappa shape index (κ1) is 10.5. The van der Waals surface area contributed by atoms with E-state index in [4.69, 9.17) is 0 Å². The van der Waals surface area contributed by atoms with Gasteiger partial charge in [0.2, 0.25) is 5.95 Å². The van der Waals surface area contributed by atoms with Crippen LogP contribution in [0.15, 0.2) is 41.1 Å². The van der Waals surface area contributed by atoms with Crippen molar-refractivity contribution in [1.82, 2.24) is 9.97 Å². The van der Waals surface area contributed by atoms with Gasteiger partial charge in [0.05, 0.1) is 16.6 Å². The lowest BCUT2D eigenvalue weighted by molar-refractivity contribution is 0.715. The molecular weight excluding hydrogens is 290 g/mol. The predicted molar refractivity (Wildman–Crippen MR) is 73.4 cm³/mol. The molecule has 0 saturated carbocycles. The van der Waals surface area contributed by atoms with Gasteiger partial charge in [-0.15, -0.1) is 0 Å². The van der Waals surface area contributed by atoms with Crippen molar-refractivity contribution in [2.24, 2.45) is 0 Å². The van der Waals surface area contributed by atoms with Crippen LogP contribution in [-0.2, 0) is 0 Å². The Balaban J connectivity index is 1.80. The van der Waals surface area contributed by atoms with E-state index in [0.717, 1.165) is 10.4 Å². The van der Waals surface area contributed by atoms with Crippen molar-refractivity contribution in [2.45, 2.75) is 24.9 Å². The van der Waals surface area contributed by atoms with Crippen LogP contribution in [0.3, 0.4) is 0 Å². The van der Waals surface area contributed by atoms with E-state index in [9.17, 15) is 0 Å². The molecule has 4 rings (SSSR count). The normalized spacial score (nSPS) is 24.4. The largest absolute Gasteiger partial charge is 0.327 e. The molecule has 18 heavy (non-hydrogen) atoms. The van der Waals surface area contributed by atoms with Crippen LogP contribution in [0.25, 0.3) is 0 Å². The second-order valence-electron chi connectivity index (χ2n) is 4.85. The quantitative estimate of drug-likeness (QED) is 0.805. The molecule has 3 heterocycles. The first-order valence-corrected chi connectivity index (χ1v) is 6.98. The van der Waals surface area contributed by atoms with Crippen molar-refractivity contribution >= 4 is 21.9 Å². The van der Waals surface area contributed by atoms with Crippen LogP contribution in [0, 0.1) is 0 Å². The highest BCUT2D eigenvalue weighted by molar-refractivity contribution is 9.10. The third-order valence-corrected chi connectivity index (χ3v) is 4.35. The molecule has 3 nitrogen and oxygen atoms in total. The minimum absolute atomic E-state index is 0.465. The van der Waals surface area contributed by atoms with Crippen LogP contribution in [0.4, 0.5) is 5.95 Å².